The molecule has 1 aromatic rings. The van der Waals surface area contributed by atoms with Crippen LogP contribution in [0.2, 0.25) is 5.02 Å². The van der Waals surface area contributed by atoms with Crippen LogP contribution in [0.15, 0.2) is 12.1 Å². The standard InChI is InChI=1S/C12H17ClN2/c1-4-9-7-14-11-6-8(2)5-10(13)12(11)15(9)3/h5-6,9,14H,4,7H2,1-3H3. The monoisotopic (exact) mass is 224 g/mol. The number of benzene rings is 1. The third-order valence-electron chi connectivity index (χ3n) is 3.11. The first-order valence-corrected chi connectivity index (χ1v) is 5.78. The summed E-state index contributed by atoms with van der Waals surface area (Å²) in [5.41, 5.74) is 3.50. The van der Waals surface area contributed by atoms with E-state index in [-0.39, 0.29) is 0 Å². The van der Waals surface area contributed by atoms with Gasteiger partial charge in [-0.2, -0.15) is 0 Å². The fourth-order valence-electron chi connectivity index (χ4n) is 2.19. The van der Waals surface area contributed by atoms with Crippen molar-refractivity contribution in [1.29, 1.82) is 0 Å². The van der Waals surface area contributed by atoms with Gasteiger partial charge in [0.15, 0.2) is 0 Å². The van der Waals surface area contributed by atoms with Crippen LogP contribution in [0.4, 0.5) is 11.4 Å². The number of nitrogens with zero attached hydrogens (tertiary/aromatic N) is 1. The van der Waals surface area contributed by atoms with Crippen molar-refractivity contribution in [2.24, 2.45) is 0 Å². The van der Waals surface area contributed by atoms with E-state index in [2.05, 4.69) is 37.2 Å². The average molecular weight is 225 g/mol. The number of rotatable bonds is 1. The smallest absolute Gasteiger partial charge is 0.0791 e. The first kappa shape index (κ1) is 10.6. The van der Waals surface area contributed by atoms with Gasteiger partial charge in [0.25, 0.3) is 0 Å². The summed E-state index contributed by atoms with van der Waals surface area (Å²) in [7, 11) is 2.12. The maximum Gasteiger partial charge on any atom is 0.0791 e. The maximum absolute atomic E-state index is 6.28. The first-order valence-electron chi connectivity index (χ1n) is 5.40. The third-order valence-corrected chi connectivity index (χ3v) is 3.40. The van der Waals surface area contributed by atoms with E-state index in [0.717, 1.165) is 29.4 Å². The van der Waals surface area contributed by atoms with Gasteiger partial charge in [-0.1, -0.05) is 18.5 Å². The van der Waals surface area contributed by atoms with Gasteiger partial charge >= 0.3 is 0 Å². The molecule has 0 fully saturated rings. The van der Waals surface area contributed by atoms with Crippen molar-refractivity contribution < 1.29 is 0 Å². The molecule has 15 heavy (non-hydrogen) atoms. The highest BCUT2D eigenvalue weighted by atomic mass is 35.5. The van der Waals surface area contributed by atoms with E-state index < -0.39 is 0 Å². The van der Waals surface area contributed by atoms with E-state index in [1.807, 2.05) is 6.07 Å². The van der Waals surface area contributed by atoms with E-state index in [9.17, 15) is 0 Å². The van der Waals surface area contributed by atoms with Crippen LogP contribution in [-0.4, -0.2) is 19.6 Å². The van der Waals surface area contributed by atoms with Crippen molar-refractivity contribution in [1.82, 2.24) is 0 Å². The van der Waals surface area contributed by atoms with Crippen molar-refractivity contribution in [3.05, 3.63) is 22.7 Å². The Morgan fingerprint density at radius 3 is 2.93 bits per heavy atom. The predicted octanol–water partition coefficient (Wildman–Crippen LogP) is 3.29. The summed E-state index contributed by atoms with van der Waals surface area (Å²) in [5, 5.41) is 4.30. The lowest BCUT2D eigenvalue weighted by Crippen LogP contribution is -2.41. The second-order valence-electron chi connectivity index (χ2n) is 4.20. The second kappa shape index (κ2) is 3.93. The number of halogens is 1. The zero-order chi connectivity index (χ0) is 11.0. The minimum Gasteiger partial charge on any atom is -0.381 e. The number of anilines is 2. The van der Waals surface area contributed by atoms with Crippen LogP contribution in [0.3, 0.4) is 0 Å². The predicted molar refractivity (Wildman–Crippen MR) is 67.2 cm³/mol. The Labute approximate surface area is 96.2 Å². The average Bonchev–Trinajstić information content (AvgIpc) is 2.17. The molecule has 1 aromatic carbocycles. The lowest BCUT2D eigenvalue weighted by molar-refractivity contribution is 0.622. The second-order valence-corrected chi connectivity index (χ2v) is 4.60. The fourth-order valence-corrected chi connectivity index (χ4v) is 2.60. The SMILES string of the molecule is CCC1CNc2cc(C)cc(Cl)c2N1C. The first-order chi connectivity index (χ1) is 7.13. The molecular formula is C12H17ClN2. The van der Waals surface area contributed by atoms with Crippen molar-refractivity contribution in [2.75, 3.05) is 23.8 Å². The van der Waals surface area contributed by atoms with Crippen LogP contribution >= 0.6 is 11.6 Å². The van der Waals surface area contributed by atoms with Gasteiger partial charge < -0.3 is 10.2 Å². The Bertz CT molecular complexity index is 376. The summed E-state index contributed by atoms with van der Waals surface area (Å²) in [6.45, 7) is 5.27. The lowest BCUT2D eigenvalue weighted by Gasteiger charge is -2.37. The summed E-state index contributed by atoms with van der Waals surface area (Å²) in [6.07, 6.45) is 1.13. The van der Waals surface area contributed by atoms with Gasteiger partial charge in [-0.3, -0.25) is 0 Å². The molecule has 0 aromatic heterocycles. The molecule has 1 N–H and O–H groups in total. The molecule has 0 saturated carbocycles. The van der Waals surface area contributed by atoms with Crippen molar-refractivity contribution in [2.45, 2.75) is 26.3 Å². The molecule has 3 heteroatoms. The minimum atomic E-state index is 0.540. The normalized spacial score (nSPS) is 19.7. The zero-order valence-electron chi connectivity index (χ0n) is 9.47. The van der Waals surface area contributed by atoms with Crippen LogP contribution in [0.5, 0.6) is 0 Å². The van der Waals surface area contributed by atoms with Crippen molar-refractivity contribution >= 4 is 23.0 Å². The van der Waals surface area contributed by atoms with Gasteiger partial charge in [0.2, 0.25) is 0 Å². The number of hydrogen-bond donors (Lipinski definition) is 1. The zero-order valence-corrected chi connectivity index (χ0v) is 10.2. The van der Waals surface area contributed by atoms with Gasteiger partial charge in [-0.05, 0) is 31.0 Å². The molecule has 0 radical (unpaired) electrons. The fraction of sp³-hybridized carbons (Fsp3) is 0.500. The van der Waals surface area contributed by atoms with Crippen molar-refractivity contribution in [3.8, 4) is 0 Å². The van der Waals surface area contributed by atoms with Crippen LogP contribution in [0.25, 0.3) is 0 Å². The van der Waals surface area contributed by atoms with E-state index in [4.69, 9.17) is 11.6 Å². The molecule has 1 aliphatic rings. The largest absolute Gasteiger partial charge is 0.381 e. The molecular weight excluding hydrogens is 208 g/mol. The molecule has 0 aliphatic carbocycles. The third kappa shape index (κ3) is 1.78. The van der Waals surface area contributed by atoms with Gasteiger partial charge in [0, 0.05) is 19.6 Å². The number of aryl methyl sites for hydroxylation is 1. The Morgan fingerprint density at radius 1 is 1.53 bits per heavy atom. The Kier molecular flexibility index (Phi) is 2.79. The number of nitrogens with one attached hydrogen (secondary N) is 1. The van der Waals surface area contributed by atoms with Gasteiger partial charge in [-0.15, -0.1) is 0 Å². The summed E-state index contributed by atoms with van der Waals surface area (Å²) < 4.78 is 0. The molecule has 1 heterocycles. The van der Waals surface area contributed by atoms with Crippen LogP contribution in [-0.2, 0) is 0 Å². The Balaban J connectivity index is 2.47. The molecule has 0 amide bonds. The van der Waals surface area contributed by atoms with Gasteiger partial charge in [-0.25, -0.2) is 0 Å². The van der Waals surface area contributed by atoms with E-state index in [1.165, 1.54) is 5.56 Å². The van der Waals surface area contributed by atoms with Gasteiger partial charge in [0.1, 0.15) is 0 Å². The minimum absolute atomic E-state index is 0.540. The molecule has 2 rings (SSSR count). The van der Waals surface area contributed by atoms with Crippen LogP contribution < -0.4 is 10.2 Å². The number of hydrogen-bond acceptors (Lipinski definition) is 2. The highest BCUT2D eigenvalue weighted by Crippen LogP contribution is 2.38. The van der Waals surface area contributed by atoms with Crippen LogP contribution in [0.1, 0.15) is 18.9 Å². The Hall–Kier alpha value is -0.890. The number of likely N-dealkylation sites (N-methyl/N-ethyl adjacent to an activating group) is 1. The molecule has 0 bridgehead atoms. The summed E-state index contributed by atoms with van der Waals surface area (Å²) >= 11 is 6.28. The topological polar surface area (TPSA) is 15.3 Å². The molecule has 2 nitrogen and oxygen atoms in total. The van der Waals surface area contributed by atoms with E-state index in [0.29, 0.717) is 6.04 Å². The quantitative estimate of drug-likeness (QED) is 0.788. The molecule has 1 unspecified atom stereocenters. The highest BCUT2D eigenvalue weighted by molar-refractivity contribution is 6.34. The molecule has 0 spiro atoms. The van der Waals surface area contributed by atoms with Crippen LogP contribution in [0, 0.1) is 6.92 Å². The summed E-state index contributed by atoms with van der Waals surface area (Å²) in [5.74, 6) is 0. The Morgan fingerprint density at radius 2 is 2.27 bits per heavy atom. The summed E-state index contributed by atoms with van der Waals surface area (Å²) in [4.78, 5) is 2.29. The van der Waals surface area contributed by atoms with E-state index >= 15 is 0 Å². The van der Waals surface area contributed by atoms with E-state index in [1.54, 1.807) is 0 Å². The maximum atomic E-state index is 6.28. The highest BCUT2D eigenvalue weighted by Gasteiger charge is 2.23. The number of fused-ring (bicyclic) bond motifs is 1. The molecule has 1 aliphatic heterocycles. The molecule has 1 atom stereocenters. The molecule has 82 valence electrons. The van der Waals surface area contributed by atoms with Gasteiger partial charge in [0.05, 0.1) is 16.4 Å². The molecule has 0 saturated heterocycles. The lowest BCUT2D eigenvalue weighted by atomic mass is 10.1. The van der Waals surface area contributed by atoms with Crippen molar-refractivity contribution in [3.63, 3.8) is 0 Å². The summed E-state index contributed by atoms with van der Waals surface area (Å²) in [6, 6.07) is 4.72.